The number of halogens is 1. The summed E-state index contributed by atoms with van der Waals surface area (Å²) in [4.78, 5) is 45.9. The first-order valence-electron chi connectivity index (χ1n) is 12.3. The number of aliphatic carboxylic acids is 1. The third kappa shape index (κ3) is 4.83. The summed E-state index contributed by atoms with van der Waals surface area (Å²) in [6, 6.07) is 6.95. The van der Waals surface area contributed by atoms with Crippen LogP contribution >= 0.6 is 22.9 Å². The fraction of sp³-hybridized carbons (Fsp3) is 0.385. The van der Waals surface area contributed by atoms with Gasteiger partial charge in [-0.1, -0.05) is 23.7 Å². The number of carboxylic acids is 1. The van der Waals surface area contributed by atoms with Gasteiger partial charge >= 0.3 is 5.97 Å². The quantitative estimate of drug-likeness (QED) is 0.483. The van der Waals surface area contributed by atoms with Gasteiger partial charge in [0.15, 0.2) is 5.82 Å². The summed E-state index contributed by atoms with van der Waals surface area (Å²) in [6.45, 7) is 7.31. The first-order chi connectivity index (χ1) is 18.1. The Balaban J connectivity index is 1.47. The Labute approximate surface area is 228 Å². The second-order valence-electron chi connectivity index (χ2n) is 9.44. The molecular weight excluding hydrogens is 528 g/mol. The van der Waals surface area contributed by atoms with Crippen LogP contribution in [-0.2, 0) is 14.4 Å². The third-order valence-electron chi connectivity index (χ3n) is 7.01. The Morgan fingerprint density at radius 1 is 1.00 bits per heavy atom. The molecule has 38 heavy (non-hydrogen) atoms. The minimum absolute atomic E-state index is 0.0886. The fourth-order valence-electron chi connectivity index (χ4n) is 4.87. The van der Waals surface area contributed by atoms with E-state index in [-0.39, 0.29) is 12.3 Å². The van der Waals surface area contributed by atoms with Crippen LogP contribution < -0.4 is 0 Å². The molecule has 4 heterocycles. The second-order valence-corrected chi connectivity index (χ2v) is 11.1. The molecule has 2 aromatic heterocycles. The standard InChI is InChI=1S/C26H27ClN6O4S/c1-14-15(2)38-26-23(14)24(17-4-6-18(27)7-5-17)28-19(25-30-29-16(3)33(25)26)12-20(34)31-8-10-32(11-9-31)21(35)13-22(36)37/h4-7,19H,8-13H2,1-3H3,(H,36,37)/t19-/m0/s1. The van der Waals surface area contributed by atoms with Crippen molar-refractivity contribution in [2.75, 3.05) is 26.2 Å². The van der Waals surface area contributed by atoms with E-state index >= 15 is 0 Å². The van der Waals surface area contributed by atoms with E-state index in [0.29, 0.717) is 37.0 Å². The molecule has 0 saturated carbocycles. The Hall–Kier alpha value is -3.57. The molecule has 1 saturated heterocycles. The van der Waals surface area contributed by atoms with Gasteiger partial charge in [0.1, 0.15) is 23.3 Å². The van der Waals surface area contributed by atoms with Crippen molar-refractivity contribution >= 4 is 46.4 Å². The van der Waals surface area contributed by atoms with Crippen LogP contribution in [0.1, 0.15) is 52.1 Å². The summed E-state index contributed by atoms with van der Waals surface area (Å²) < 4.78 is 2.01. The van der Waals surface area contributed by atoms with Crippen molar-refractivity contribution in [3.8, 4) is 5.00 Å². The van der Waals surface area contributed by atoms with Crippen LogP contribution in [0.5, 0.6) is 0 Å². The summed E-state index contributed by atoms with van der Waals surface area (Å²) in [7, 11) is 0. The molecule has 0 unspecified atom stereocenters. The number of carbonyl (C=O) groups is 3. The third-order valence-corrected chi connectivity index (χ3v) is 8.46. The molecule has 2 aliphatic heterocycles. The lowest BCUT2D eigenvalue weighted by atomic mass is 9.99. The number of aryl methyl sites for hydroxylation is 2. The predicted octanol–water partition coefficient (Wildman–Crippen LogP) is 3.34. The number of nitrogens with zero attached hydrogens (tertiary/aromatic N) is 6. The van der Waals surface area contributed by atoms with E-state index in [0.717, 1.165) is 33.2 Å². The largest absolute Gasteiger partial charge is 0.481 e. The number of hydrogen-bond acceptors (Lipinski definition) is 7. The highest BCUT2D eigenvalue weighted by Gasteiger charge is 2.34. The van der Waals surface area contributed by atoms with E-state index in [1.54, 1.807) is 16.2 Å². The Morgan fingerprint density at radius 3 is 2.26 bits per heavy atom. The molecule has 1 fully saturated rings. The van der Waals surface area contributed by atoms with Gasteiger partial charge in [-0.05, 0) is 38.5 Å². The van der Waals surface area contributed by atoms with Crippen molar-refractivity contribution in [2.24, 2.45) is 4.99 Å². The molecule has 0 spiro atoms. The zero-order chi connectivity index (χ0) is 27.1. The molecule has 198 valence electrons. The minimum Gasteiger partial charge on any atom is -0.481 e. The summed E-state index contributed by atoms with van der Waals surface area (Å²) in [6.07, 6.45) is -0.457. The molecular formula is C26H27ClN6O4S. The van der Waals surface area contributed by atoms with E-state index in [1.165, 1.54) is 9.78 Å². The Kier molecular flexibility index (Phi) is 7.06. The van der Waals surface area contributed by atoms with Gasteiger partial charge in [0.05, 0.1) is 12.1 Å². The zero-order valence-electron chi connectivity index (χ0n) is 21.3. The molecule has 0 radical (unpaired) electrons. The van der Waals surface area contributed by atoms with E-state index in [4.69, 9.17) is 21.7 Å². The van der Waals surface area contributed by atoms with Crippen molar-refractivity contribution < 1.29 is 19.5 Å². The van der Waals surface area contributed by atoms with E-state index < -0.39 is 24.3 Å². The van der Waals surface area contributed by atoms with Gasteiger partial charge in [-0.25, -0.2) is 0 Å². The summed E-state index contributed by atoms with van der Waals surface area (Å²) in [5.41, 5.74) is 3.80. The number of hydrogen-bond donors (Lipinski definition) is 1. The second kappa shape index (κ2) is 10.3. The Morgan fingerprint density at radius 2 is 1.63 bits per heavy atom. The fourth-order valence-corrected chi connectivity index (χ4v) is 6.21. The number of carbonyl (C=O) groups excluding carboxylic acids is 2. The number of rotatable bonds is 5. The zero-order valence-corrected chi connectivity index (χ0v) is 22.8. The molecule has 1 aromatic carbocycles. The van der Waals surface area contributed by atoms with Crippen LogP contribution in [0.15, 0.2) is 29.3 Å². The van der Waals surface area contributed by atoms with Crippen LogP contribution in [0, 0.1) is 20.8 Å². The molecule has 10 nitrogen and oxygen atoms in total. The smallest absolute Gasteiger partial charge is 0.312 e. The van der Waals surface area contributed by atoms with Gasteiger partial charge in [-0.2, -0.15) is 0 Å². The van der Waals surface area contributed by atoms with E-state index in [1.807, 2.05) is 35.8 Å². The maximum Gasteiger partial charge on any atom is 0.312 e. The van der Waals surface area contributed by atoms with Crippen LogP contribution in [0.2, 0.25) is 5.02 Å². The maximum absolute atomic E-state index is 13.5. The van der Waals surface area contributed by atoms with Crippen LogP contribution in [0.4, 0.5) is 0 Å². The summed E-state index contributed by atoms with van der Waals surface area (Å²) in [5.74, 6) is -0.374. The lowest BCUT2D eigenvalue weighted by Gasteiger charge is -2.35. The molecule has 0 aliphatic carbocycles. The molecule has 1 N–H and O–H groups in total. The highest BCUT2D eigenvalue weighted by Crippen LogP contribution is 2.39. The molecule has 2 aliphatic rings. The lowest BCUT2D eigenvalue weighted by Crippen LogP contribution is -2.51. The topological polar surface area (TPSA) is 121 Å². The number of carboxylic acid groups (broad SMARTS) is 1. The van der Waals surface area contributed by atoms with Gasteiger partial charge in [0.2, 0.25) is 11.8 Å². The van der Waals surface area contributed by atoms with Crippen LogP contribution in [0.25, 0.3) is 5.00 Å². The normalized spacial score (nSPS) is 16.9. The average molecular weight is 555 g/mol. The number of aliphatic imine (C=N–C) groups is 1. The average Bonchev–Trinajstić information content (AvgIpc) is 3.36. The van der Waals surface area contributed by atoms with Crippen molar-refractivity contribution in [1.29, 1.82) is 0 Å². The summed E-state index contributed by atoms with van der Waals surface area (Å²) in [5, 5.41) is 19.3. The molecule has 1 atom stereocenters. The molecule has 12 heteroatoms. The predicted molar refractivity (Wildman–Crippen MR) is 143 cm³/mol. The van der Waals surface area contributed by atoms with Gasteiger partial charge in [0.25, 0.3) is 0 Å². The maximum atomic E-state index is 13.5. The number of amides is 2. The number of thiophene rings is 1. The number of piperazine rings is 1. The SMILES string of the molecule is Cc1sc2c(c1C)C(c1ccc(Cl)cc1)=N[C@@H](CC(=O)N1CCN(C(=O)CC(=O)O)CC1)c1nnc(C)n1-2. The number of fused-ring (bicyclic) bond motifs is 3. The molecule has 5 rings (SSSR count). The van der Waals surface area contributed by atoms with Crippen molar-refractivity contribution in [1.82, 2.24) is 24.6 Å². The lowest BCUT2D eigenvalue weighted by molar-refractivity contribution is -0.147. The van der Waals surface area contributed by atoms with Gasteiger partial charge in [0, 0.05) is 47.2 Å². The molecule has 0 bridgehead atoms. The highest BCUT2D eigenvalue weighted by atomic mass is 35.5. The van der Waals surface area contributed by atoms with E-state index in [2.05, 4.69) is 24.0 Å². The summed E-state index contributed by atoms with van der Waals surface area (Å²) >= 11 is 7.82. The van der Waals surface area contributed by atoms with Gasteiger partial charge in [-0.3, -0.25) is 23.9 Å². The molecule has 2 amide bonds. The first kappa shape index (κ1) is 26.1. The monoisotopic (exact) mass is 554 g/mol. The van der Waals surface area contributed by atoms with Crippen LogP contribution in [-0.4, -0.2) is 79.3 Å². The van der Waals surface area contributed by atoms with Crippen molar-refractivity contribution in [2.45, 2.75) is 39.7 Å². The van der Waals surface area contributed by atoms with Gasteiger partial charge in [-0.15, -0.1) is 21.5 Å². The highest BCUT2D eigenvalue weighted by molar-refractivity contribution is 7.15. The Bertz CT molecular complexity index is 1450. The minimum atomic E-state index is -1.16. The first-order valence-corrected chi connectivity index (χ1v) is 13.5. The van der Waals surface area contributed by atoms with Gasteiger partial charge < -0.3 is 14.9 Å². The van der Waals surface area contributed by atoms with Crippen LogP contribution in [0.3, 0.4) is 0 Å². The van der Waals surface area contributed by atoms with Crippen molar-refractivity contribution in [3.63, 3.8) is 0 Å². The van der Waals surface area contributed by atoms with E-state index in [9.17, 15) is 14.4 Å². The number of benzene rings is 1. The van der Waals surface area contributed by atoms with Crippen molar-refractivity contribution in [3.05, 3.63) is 62.5 Å². The molecule has 3 aromatic rings. The number of aromatic nitrogens is 3.